The molecule has 0 N–H and O–H groups in total. The maximum atomic E-state index is 13.1. The molecule has 2 aromatic rings. The Balaban J connectivity index is 1.34. The number of amides is 2. The van der Waals surface area contributed by atoms with Crippen LogP contribution in [0.25, 0.3) is 5.70 Å². The normalized spacial score (nSPS) is 18.8. The minimum absolute atomic E-state index is 0.0976. The van der Waals surface area contributed by atoms with Gasteiger partial charge in [-0.3, -0.25) is 14.5 Å². The number of carbonyl (C=O) groups is 2. The SMILES string of the molecule is C=C1c2ccccc2C(=O)N1CC(=O)N1CCc2cc(S(=O)(=O)N3CCCCC3)ccc21. The number of benzene rings is 2. The molecule has 32 heavy (non-hydrogen) atoms. The van der Waals surface area contributed by atoms with Crippen molar-refractivity contribution in [2.75, 3.05) is 31.1 Å². The first-order chi connectivity index (χ1) is 15.4. The van der Waals surface area contributed by atoms with Gasteiger partial charge in [-0.05, 0) is 49.1 Å². The van der Waals surface area contributed by atoms with Gasteiger partial charge in [0.05, 0.1) is 4.90 Å². The summed E-state index contributed by atoms with van der Waals surface area (Å²) in [4.78, 5) is 29.2. The van der Waals surface area contributed by atoms with E-state index in [2.05, 4.69) is 6.58 Å². The molecule has 3 aliphatic rings. The predicted molar refractivity (Wildman–Crippen MR) is 122 cm³/mol. The monoisotopic (exact) mass is 451 g/mol. The number of fused-ring (bicyclic) bond motifs is 2. The van der Waals surface area contributed by atoms with Gasteiger partial charge in [0.1, 0.15) is 6.54 Å². The quantitative estimate of drug-likeness (QED) is 0.716. The van der Waals surface area contributed by atoms with Crippen molar-refractivity contribution < 1.29 is 18.0 Å². The minimum Gasteiger partial charge on any atom is -0.310 e. The van der Waals surface area contributed by atoms with Crippen LogP contribution in [0.5, 0.6) is 0 Å². The van der Waals surface area contributed by atoms with Crippen LogP contribution in [-0.4, -0.2) is 55.6 Å². The molecule has 7 nitrogen and oxygen atoms in total. The number of nitrogens with zero attached hydrogens (tertiary/aromatic N) is 3. The van der Waals surface area contributed by atoms with E-state index in [4.69, 9.17) is 0 Å². The molecule has 1 fully saturated rings. The predicted octanol–water partition coefficient (Wildman–Crippen LogP) is 2.88. The molecule has 2 amide bonds. The van der Waals surface area contributed by atoms with Gasteiger partial charge in [-0.25, -0.2) is 8.42 Å². The number of carbonyl (C=O) groups excluding carboxylic acids is 2. The summed E-state index contributed by atoms with van der Waals surface area (Å²) in [6.07, 6.45) is 3.41. The lowest BCUT2D eigenvalue weighted by molar-refractivity contribution is -0.118. The first-order valence-electron chi connectivity index (χ1n) is 10.9. The van der Waals surface area contributed by atoms with E-state index in [1.165, 1.54) is 4.90 Å². The lowest BCUT2D eigenvalue weighted by Gasteiger charge is -2.26. The second-order valence-electron chi connectivity index (χ2n) is 8.43. The van der Waals surface area contributed by atoms with E-state index in [1.807, 2.05) is 12.1 Å². The van der Waals surface area contributed by atoms with Gasteiger partial charge in [-0.15, -0.1) is 0 Å². The summed E-state index contributed by atoms with van der Waals surface area (Å²) in [5.74, 6) is -0.431. The third-order valence-electron chi connectivity index (χ3n) is 6.53. The molecular formula is C24H25N3O4S. The van der Waals surface area contributed by atoms with Crippen molar-refractivity contribution >= 4 is 33.2 Å². The van der Waals surface area contributed by atoms with E-state index in [0.717, 1.165) is 30.4 Å². The van der Waals surface area contributed by atoms with Crippen LogP contribution in [0.15, 0.2) is 53.9 Å². The highest BCUT2D eigenvalue weighted by Gasteiger charge is 2.35. The number of anilines is 1. The molecule has 0 unspecified atom stereocenters. The Hall–Kier alpha value is -2.97. The van der Waals surface area contributed by atoms with E-state index >= 15 is 0 Å². The molecular weight excluding hydrogens is 426 g/mol. The molecule has 0 atom stereocenters. The highest BCUT2D eigenvalue weighted by molar-refractivity contribution is 7.89. The van der Waals surface area contributed by atoms with E-state index in [-0.39, 0.29) is 23.3 Å². The molecule has 2 aromatic carbocycles. The second kappa shape index (κ2) is 7.86. The number of piperidine rings is 1. The van der Waals surface area contributed by atoms with Gasteiger partial charge in [0.15, 0.2) is 0 Å². The van der Waals surface area contributed by atoms with Gasteiger partial charge >= 0.3 is 0 Å². The lowest BCUT2D eigenvalue weighted by Crippen LogP contribution is -2.39. The molecule has 8 heteroatoms. The zero-order valence-corrected chi connectivity index (χ0v) is 18.6. The smallest absolute Gasteiger partial charge is 0.259 e. The highest BCUT2D eigenvalue weighted by Crippen LogP contribution is 2.34. The van der Waals surface area contributed by atoms with Crippen LogP contribution in [-0.2, 0) is 21.2 Å². The van der Waals surface area contributed by atoms with Crippen molar-refractivity contribution in [1.82, 2.24) is 9.21 Å². The van der Waals surface area contributed by atoms with Crippen molar-refractivity contribution in [3.05, 3.63) is 65.7 Å². The number of hydrogen-bond donors (Lipinski definition) is 0. The molecule has 0 bridgehead atoms. The molecule has 3 aliphatic heterocycles. The van der Waals surface area contributed by atoms with Gasteiger partial charge in [-0.2, -0.15) is 4.31 Å². The summed E-state index contributed by atoms with van der Waals surface area (Å²) in [5.41, 5.74) is 3.38. The first kappa shape index (κ1) is 20.9. The fraction of sp³-hybridized carbons (Fsp3) is 0.333. The number of sulfonamides is 1. The van der Waals surface area contributed by atoms with E-state index in [1.54, 1.807) is 39.5 Å². The van der Waals surface area contributed by atoms with Crippen LogP contribution < -0.4 is 4.90 Å². The summed E-state index contributed by atoms with van der Waals surface area (Å²) in [5, 5.41) is 0. The first-order valence-corrected chi connectivity index (χ1v) is 12.4. The Kier molecular flexibility index (Phi) is 5.14. The van der Waals surface area contributed by atoms with Crippen molar-refractivity contribution in [1.29, 1.82) is 0 Å². The fourth-order valence-electron chi connectivity index (χ4n) is 4.77. The summed E-state index contributed by atoms with van der Waals surface area (Å²) in [6.45, 7) is 5.47. The van der Waals surface area contributed by atoms with Gasteiger partial charge in [-0.1, -0.05) is 31.2 Å². The van der Waals surface area contributed by atoms with Gasteiger partial charge in [0.25, 0.3) is 5.91 Å². The van der Waals surface area contributed by atoms with E-state index in [0.29, 0.717) is 43.0 Å². The Bertz CT molecular complexity index is 1200. The fourth-order valence-corrected chi connectivity index (χ4v) is 6.34. The van der Waals surface area contributed by atoms with Crippen LogP contribution in [0.1, 0.15) is 40.7 Å². The van der Waals surface area contributed by atoms with Gasteiger partial charge < -0.3 is 4.90 Å². The highest BCUT2D eigenvalue weighted by atomic mass is 32.2. The summed E-state index contributed by atoms with van der Waals surface area (Å²) in [6, 6.07) is 12.2. The van der Waals surface area contributed by atoms with E-state index in [9.17, 15) is 18.0 Å². The Labute approximate surface area is 188 Å². The maximum Gasteiger partial charge on any atom is 0.259 e. The van der Waals surface area contributed by atoms with Gasteiger partial charge in [0, 0.05) is 42.1 Å². The maximum absolute atomic E-state index is 13.1. The molecule has 1 saturated heterocycles. The topological polar surface area (TPSA) is 78.0 Å². The van der Waals surface area contributed by atoms with Gasteiger partial charge in [0.2, 0.25) is 15.9 Å². The van der Waals surface area contributed by atoms with Crippen LogP contribution in [0.3, 0.4) is 0 Å². The largest absolute Gasteiger partial charge is 0.310 e. The van der Waals surface area contributed by atoms with Crippen molar-refractivity contribution in [3.63, 3.8) is 0 Å². The summed E-state index contributed by atoms with van der Waals surface area (Å²) in [7, 11) is -3.52. The van der Waals surface area contributed by atoms with Crippen molar-refractivity contribution in [2.45, 2.75) is 30.6 Å². The lowest BCUT2D eigenvalue weighted by atomic mass is 10.1. The standard InChI is InChI=1S/C24H25N3O4S/c1-17-20-7-3-4-8-21(20)24(29)27(17)16-23(28)26-14-11-18-15-19(9-10-22(18)26)32(30,31)25-12-5-2-6-13-25/h3-4,7-10,15H,1-2,5-6,11-14,16H2. The molecule has 0 saturated carbocycles. The third-order valence-corrected chi connectivity index (χ3v) is 8.43. The van der Waals surface area contributed by atoms with E-state index < -0.39 is 10.0 Å². The minimum atomic E-state index is -3.52. The number of rotatable bonds is 4. The van der Waals surface area contributed by atoms with Crippen molar-refractivity contribution in [3.8, 4) is 0 Å². The molecule has 5 rings (SSSR count). The van der Waals surface area contributed by atoms with Crippen LogP contribution >= 0.6 is 0 Å². The second-order valence-corrected chi connectivity index (χ2v) is 10.4. The molecule has 0 aliphatic carbocycles. The molecule has 166 valence electrons. The molecule has 0 spiro atoms. The number of hydrogen-bond acceptors (Lipinski definition) is 4. The van der Waals surface area contributed by atoms with Crippen LogP contribution in [0, 0.1) is 0 Å². The Morgan fingerprint density at radius 3 is 2.41 bits per heavy atom. The molecule has 0 radical (unpaired) electrons. The third kappa shape index (κ3) is 3.34. The average Bonchev–Trinajstić information content (AvgIpc) is 3.34. The van der Waals surface area contributed by atoms with Crippen LogP contribution in [0.4, 0.5) is 5.69 Å². The van der Waals surface area contributed by atoms with Crippen LogP contribution in [0.2, 0.25) is 0 Å². The Morgan fingerprint density at radius 2 is 1.69 bits per heavy atom. The zero-order valence-electron chi connectivity index (χ0n) is 17.8. The van der Waals surface area contributed by atoms with Crippen molar-refractivity contribution in [2.24, 2.45) is 0 Å². The molecule has 3 heterocycles. The molecule has 0 aromatic heterocycles. The average molecular weight is 452 g/mol. The summed E-state index contributed by atoms with van der Waals surface area (Å²) >= 11 is 0. The zero-order chi connectivity index (χ0) is 22.5. The Morgan fingerprint density at radius 1 is 0.969 bits per heavy atom. The summed E-state index contributed by atoms with van der Waals surface area (Å²) < 4.78 is 27.6.